The van der Waals surface area contributed by atoms with Gasteiger partial charge in [0.2, 0.25) is 0 Å². The second kappa shape index (κ2) is 12.5. The fourth-order valence-electron chi connectivity index (χ4n) is 9.72. The lowest BCUT2D eigenvalue weighted by Crippen LogP contribution is -2.40. The summed E-state index contributed by atoms with van der Waals surface area (Å²) in [5, 5.41) is 4.92. The Morgan fingerprint density at radius 2 is 1.05 bits per heavy atom. The maximum atomic E-state index is 5.59. The summed E-state index contributed by atoms with van der Waals surface area (Å²) in [7, 11) is 0. The average Bonchev–Trinajstić information content (AvgIpc) is 3.54. The molecule has 8 aromatic carbocycles. The van der Waals surface area contributed by atoms with Crippen LogP contribution in [0.15, 0.2) is 186 Å². The first kappa shape index (κ1) is 33.0. The van der Waals surface area contributed by atoms with E-state index in [9.17, 15) is 0 Å². The Bertz CT molecular complexity index is 2880. The van der Waals surface area contributed by atoms with Gasteiger partial charge in [0.15, 0.2) is 0 Å². The number of hydrogen-bond donors (Lipinski definition) is 0. The molecule has 2 aliphatic carbocycles. The Labute approximate surface area is 322 Å². The molecule has 0 heterocycles. The van der Waals surface area contributed by atoms with Crippen molar-refractivity contribution in [1.82, 2.24) is 0 Å². The van der Waals surface area contributed by atoms with Crippen molar-refractivity contribution >= 4 is 45.4 Å². The van der Waals surface area contributed by atoms with Crippen molar-refractivity contribution in [1.29, 1.82) is 0 Å². The molecule has 1 spiro atoms. The molecular formula is C53H40N2. The van der Waals surface area contributed by atoms with E-state index in [1.807, 2.05) is 6.07 Å². The van der Waals surface area contributed by atoms with Gasteiger partial charge in [0, 0.05) is 22.3 Å². The fourth-order valence-corrected chi connectivity index (χ4v) is 9.72. The van der Waals surface area contributed by atoms with Crippen LogP contribution in [-0.4, -0.2) is 12.4 Å². The predicted octanol–water partition coefficient (Wildman–Crippen LogP) is 13.0. The summed E-state index contributed by atoms with van der Waals surface area (Å²) in [5.41, 5.74) is 15.2. The normalized spacial score (nSPS) is 15.2. The summed E-state index contributed by atoms with van der Waals surface area (Å²) in [4.78, 5) is 10.4. The molecule has 2 aliphatic rings. The van der Waals surface area contributed by atoms with E-state index in [1.54, 1.807) is 0 Å². The largest absolute Gasteiger partial charge is 0.262 e. The van der Waals surface area contributed by atoms with Gasteiger partial charge in [-0.25, -0.2) is 0 Å². The standard InChI is InChI=1S/C53H40N2/c1-34(37-31-32-40-38(33-37)30-29-35-17-8-9-20-39(35)40)55-51(50(54-4)36-18-6-5-7-19-36)42-22-16-28-48-49(42)41-21-10-11-23-43(41)53(48)46-26-14-12-24-44(46)52(2,3)45-25-13-15-27-47(45)53/h5-33H,4H2,1-3H3/b51-50-,55-34+. The van der Waals surface area contributed by atoms with Crippen LogP contribution in [0.5, 0.6) is 0 Å². The molecule has 0 aromatic heterocycles. The highest BCUT2D eigenvalue weighted by Gasteiger charge is 2.53. The number of rotatable bonds is 5. The zero-order valence-electron chi connectivity index (χ0n) is 31.3. The van der Waals surface area contributed by atoms with Crippen molar-refractivity contribution in [3.05, 3.63) is 226 Å². The quantitative estimate of drug-likeness (QED) is 0.0968. The molecule has 0 amide bonds. The van der Waals surface area contributed by atoms with Crippen LogP contribution >= 0.6 is 0 Å². The zero-order chi connectivity index (χ0) is 37.3. The molecule has 0 radical (unpaired) electrons. The van der Waals surface area contributed by atoms with Crippen molar-refractivity contribution in [3.8, 4) is 11.1 Å². The first-order valence-corrected chi connectivity index (χ1v) is 19.1. The van der Waals surface area contributed by atoms with Gasteiger partial charge in [0.1, 0.15) is 0 Å². The molecule has 2 heteroatoms. The van der Waals surface area contributed by atoms with Crippen LogP contribution in [-0.2, 0) is 10.8 Å². The Morgan fingerprint density at radius 1 is 0.473 bits per heavy atom. The molecule has 10 rings (SSSR count). The van der Waals surface area contributed by atoms with E-state index >= 15 is 0 Å². The third kappa shape index (κ3) is 4.74. The third-order valence-corrected chi connectivity index (χ3v) is 12.2. The fraction of sp³-hybridized carbons (Fsp3) is 0.0943. The molecule has 2 nitrogen and oxygen atoms in total. The number of nitrogens with zero attached hydrogens (tertiary/aromatic N) is 2. The first-order chi connectivity index (χ1) is 26.9. The Hall–Kier alpha value is -6.64. The number of benzene rings is 8. The molecule has 0 unspecified atom stereocenters. The minimum Gasteiger partial charge on any atom is -0.262 e. The van der Waals surface area contributed by atoms with Crippen LogP contribution in [0.25, 0.3) is 44.1 Å². The molecule has 0 saturated heterocycles. The van der Waals surface area contributed by atoms with Gasteiger partial charge in [-0.2, -0.15) is 0 Å². The SMILES string of the molecule is C=N/C(=C(\N=C(/C)c1ccc2c(ccc3ccccc32)c1)c1cccc2c1-c1ccccc1C21c2ccccc2C(C)(C)c2ccccc21)c1ccccc1. The van der Waals surface area contributed by atoms with E-state index in [-0.39, 0.29) is 5.41 Å². The topological polar surface area (TPSA) is 24.7 Å². The van der Waals surface area contributed by atoms with Crippen LogP contribution in [0.1, 0.15) is 70.8 Å². The Kier molecular flexibility index (Phi) is 7.47. The van der Waals surface area contributed by atoms with Crippen molar-refractivity contribution in [2.24, 2.45) is 9.98 Å². The van der Waals surface area contributed by atoms with E-state index in [0.29, 0.717) is 0 Å². The third-order valence-electron chi connectivity index (χ3n) is 12.2. The highest BCUT2D eigenvalue weighted by atomic mass is 14.8. The molecule has 0 fully saturated rings. The number of aliphatic imine (C=N–C) groups is 2. The van der Waals surface area contributed by atoms with Crippen LogP contribution in [0.3, 0.4) is 0 Å². The average molecular weight is 705 g/mol. The van der Waals surface area contributed by atoms with Gasteiger partial charge in [-0.15, -0.1) is 0 Å². The number of hydrogen-bond acceptors (Lipinski definition) is 2. The van der Waals surface area contributed by atoms with E-state index in [4.69, 9.17) is 9.98 Å². The molecular weight excluding hydrogens is 665 g/mol. The van der Waals surface area contributed by atoms with Crippen LogP contribution < -0.4 is 0 Å². The molecule has 0 N–H and O–H groups in total. The van der Waals surface area contributed by atoms with Crippen molar-refractivity contribution in [3.63, 3.8) is 0 Å². The van der Waals surface area contributed by atoms with E-state index in [2.05, 4.69) is 197 Å². The number of fused-ring (bicyclic) bond motifs is 12. The summed E-state index contributed by atoms with van der Waals surface area (Å²) in [6, 6.07) is 64.0. The minimum absolute atomic E-state index is 0.167. The lowest BCUT2D eigenvalue weighted by molar-refractivity contribution is 0.563. The van der Waals surface area contributed by atoms with Gasteiger partial charge in [-0.05, 0) is 91.3 Å². The lowest BCUT2D eigenvalue weighted by atomic mass is 9.55. The second-order valence-corrected chi connectivity index (χ2v) is 15.4. The second-order valence-electron chi connectivity index (χ2n) is 15.4. The van der Waals surface area contributed by atoms with Gasteiger partial charge in [0.25, 0.3) is 0 Å². The summed E-state index contributed by atoms with van der Waals surface area (Å²) < 4.78 is 0. The Balaban J connectivity index is 1.27. The van der Waals surface area contributed by atoms with Gasteiger partial charge in [-0.1, -0.05) is 184 Å². The summed E-state index contributed by atoms with van der Waals surface area (Å²) in [6.45, 7) is 11.0. The maximum Gasteiger partial charge on any atom is 0.0974 e. The molecule has 8 aromatic rings. The minimum atomic E-state index is -0.510. The van der Waals surface area contributed by atoms with Gasteiger partial charge in [-0.3, -0.25) is 9.98 Å². The molecule has 0 saturated carbocycles. The summed E-state index contributed by atoms with van der Waals surface area (Å²) >= 11 is 0. The zero-order valence-corrected chi connectivity index (χ0v) is 31.3. The van der Waals surface area contributed by atoms with E-state index in [1.165, 1.54) is 66.1 Å². The lowest BCUT2D eigenvalue weighted by Gasteiger charge is -2.46. The maximum absolute atomic E-state index is 5.59. The molecule has 0 aliphatic heterocycles. The molecule has 55 heavy (non-hydrogen) atoms. The summed E-state index contributed by atoms with van der Waals surface area (Å²) in [6.07, 6.45) is 0. The van der Waals surface area contributed by atoms with Crippen LogP contribution in [0.2, 0.25) is 0 Å². The van der Waals surface area contributed by atoms with E-state index in [0.717, 1.165) is 33.8 Å². The highest BCUT2D eigenvalue weighted by Crippen LogP contribution is 2.63. The molecule has 0 bridgehead atoms. The highest BCUT2D eigenvalue weighted by molar-refractivity contribution is 6.12. The Morgan fingerprint density at radius 3 is 1.78 bits per heavy atom. The van der Waals surface area contributed by atoms with Gasteiger partial charge in [0.05, 0.1) is 16.8 Å². The van der Waals surface area contributed by atoms with Crippen LogP contribution in [0, 0.1) is 0 Å². The molecule has 262 valence electrons. The monoisotopic (exact) mass is 704 g/mol. The molecule has 0 atom stereocenters. The predicted molar refractivity (Wildman–Crippen MR) is 232 cm³/mol. The van der Waals surface area contributed by atoms with Crippen molar-refractivity contribution < 1.29 is 0 Å². The van der Waals surface area contributed by atoms with Crippen LogP contribution in [0.4, 0.5) is 0 Å². The smallest absolute Gasteiger partial charge is 0.0974 e. The van der Waals surface area contributed by atoms with Gasteiger partial charge >= 0.3 is 0 Å². The van der Waals surface area contributed by atoms with Gasteiger partial charge < -0.3 is 0 Å². The summed E-state index contributed by atoms with van der Waals surface area (Å²) in [5.74, 6) is 0. The first-order valence-electron chi connectivity index (χ1n) is 19.1. The van der Waals surface area contributed by atoms with E-state index < -0.39 is 5.41 Å². The van der Waals surface area contributed by atoms with Crippen molar-refractivity contribution in [2.75, 3.05) is 0 Å². The van der Waals surface area contributed by atoms with Crippen molar-refractivity contribution in [2.45, 2.75) is 31.6 Å².